The number of nitrogens with zero attached hydrogens (tertiary/aromatic N) is 2. The zero-order valence-corrected chi connectivity index (χ0v) is 22.7. The van der Waals surface area contributed by atoms with E-state index >= 15 is 0 Å². The summed E-state index contributed by atoms with van der Waals surface area (Å²) in [7, 11) is -2.38. The number of nitrogens with one attached hydrogen (secondary N) is 1. The molecule has 1 fully saturated rings. The third-order valence-corrected chi connectivity index (χ3v) is 7.84. The average Bonchev–Trinajstić information content (AvgIpc) is 3.32. The van der Waals surface area contributed by atoms with E-state index in [2.05, 4.69) is 5.32 Å². The normalized spacial score (nSPS) is 14.8. The first-order valence-electron chi connectivity index (χ1n) is 12.0. The minimum Gasteiger partial charge on any atom is -0.495 e. The minimum atomic E-state index is -3.84. The molecular weight excluding hydrogens is 502 g/mol. The van der Waals surface area contributed by atoms with Crippen molar-refractivity contribution in [2.45, 2.75) is 58.2 Å². The largest absolute Gasteiger partial charge is 0.495 e. The fourth-order valence-electron chi connectivity index (χ4n) is 4.41. The number of aryl methyl sites for hydroxylation is 1. The first-order valence-corrected chi connectivity index (χ1v) is 14.2. The highest BCUT2D eigenvalue weighted by atomic mass is 35.5. The van der Waals surface area contributed by atoms with E-state index in [-0.39, 0.29) is 29.2 Å². The summed E-state index contributed by atoms with van der Waals surface area (Å²) in [5.74, 6) is -0.359. The molecule has 0 spiro atoms. The van der Waals surface area contributed by atoms with E-state index < -0.39 is 28.5 Å². The number of methoxy groups -OCH3 is 1. The lowest BCUT2D eigenvalue weighted by Gasteiger charge is -2.32. The number of halogens is 1. The highest BCUT2D eigenvalue weighted by Gasteiger charge is 2.31. The molecule has 1 aliphatic carbocycles. The Labute approximate surface area is 218 Å². The molecule has 36 heavy (non-hydrogen) atoms. The van der Waals surface area contributed by atoms with Crippen LogP contribution in [0.5, 0.6) is 5.75 Å². The zero-order chi connectivity index (χ0) is 26.5. The van der Waals surface area contributed by atoms with Crippen LogP contribution in [0.25, 0.3) is 0 Å². The molecule has 1 saturated carbocycles. The van der Waals surface area contributed by atoms with Crippen molar-refractivity contribution in [3.8, 4) is 5.75 Å². The summed E-state index contributed by atoms with van der Waals surface area (Å²) in [5.41, 5.74) is 2.10. The number of rotatable bonds is 10. The van der Waals surface area contributed by atoms with Gasteiger partial charge in [0.1, 0.15) is 18.3 Å². The maximum Gasteiger partial charge on any atom is 0.244 e. The molecule has 8 nitrogen and oxygen atoms in total. The number of ether oxygens (including phenoxy) is 1. The second kappa shape index (κ2) is 12.0. The second-order valence-electron chi connectivity index (χ2n) is 9.27. The van der Waals surface area contributed by atoms with Gasteiger partial charge in [-0.2, -0.15) is 0 Å². The van der Waals surface area contributed by atoms with Crippen LogP contribution in [0.3, 0.4) is 0 Å². The standard InChI is InChI=1S/C26H34ClN3O5S/c1-18-8-7-9-20(14-18)16-29(19(2)26(32)28-21-10-5-6-11-21)25(31)17-30(36(4,33)34)22-12-13-24(35-3)23(27)15-22/h7-9,12-15,19,21H,5-6,10-11,16-17H2,1-4H3,(H,28,32)/t19-/m1/s1. The second-order valence-corrected chi connectivity index (χ2v) is 11.6. The number of anilines is 1. The Morgan fingerprint density at radius 1 is 1.17 bits per heavy atom. The highest BCUT2D eigenvalue weighted by Crippen LogP contribution is 2.30. The number of sulfonamides is 1. The third kappa shape index (κ3) is 7.13. The molecule has 1 N–H and O–H groups in total. The Hall–Kier alpha value is -2.78. The van der Waals surface area contributed by atoms with E-state index in [9.17, 15) is 18.0 Å². The number of amides is 2. The van der Waals surface area contributed by atoms with Crippen molar-refractivity contribution in [3.05, 3.63) is 58.6 Å². The van der Waals surface area contributed by atoms with Gasteiger partial charge in [-0.05, 0) is 50.5 Å². The van der Waals surface area contributed by atoms with E-state index in [0.717, 1.165) is 47.4 Å². The van der Waals surface area contributed by atoms with Crippen LogP contribution in [0.15, 0.2) is 42.5 Å². The van der Waals surface area contributed by atoms with Crippen LogP contribution in [-0.2, 0) is 26.2 Å². The van der Waals surface area contributed by atoms with Crippen molar-refractivity contribution >= 4 is 39.1 Å². The number of carbonyl (C=O) groups excluding carboxylic acids is 2. The number of hydrogen-bond acceptors (Lipinski definition) is 5. The Balaban J connectivity index is 1.90. The lowest BCUT2D eigenvalue weighted by molar-refractivity contribution is -0.139. The summed E-state index contributed by atoms with van der Waals surface area (Å²) in [6.45, 7) is 3.31. The number of benzene rings is 2. The first kappa shape index (κ1) is 27.8. The smallest absolute Gasteiger partial charge is 0.244 e. The summed E-state index contributed by atoms with van der Waals surface area (Å²) < 4.78 is 31.5. The summed E-state index contributed by atoms with van der Waals surface area (Å²) in [4.78, 5) is 28.2. The fourth-order valence-corrected chi connectivity index (χ4v) is 5.50. The van der Waals surface area contributed by atoms with Gasteiger partial charge in [0, 0.05) is 12.6 Å². The molecule has 1 atom stereocenters. The van der Waals surface area contributed by atoms with Crippen molar-refractivity contribution in [1.29, 1.82) is 0 Å². The van der Waals surface area contributed by atoms with Gasteiger partial charge in [-0.1, -0.05) is 54.3 Å². The molecule has 3 rings (SSSR count). The fraction of sp³-hybridized carbons (Fsp3) is 0.462. The zero-order valence-electron chi connectivity index (χ0n) is 21.2. The van der Waals surface area contributed by atoms with Gasteiger partial charge in [-0.3, -0.25) is 13.9 Å². The van der Waals surface area contributed by atoms with Crippen LogP contribution in [0.2, 0.25) is 5.02 Å². The van der Waals surface area contributed by atoms with Crippen molar-refractivity contribution < 1.29 is 22.7 Å². The summed E-state index contributed by atoms with van der Waals surface area (Å²) >= 11 is 6.22. The summed E-state index contributed by atoms with van der Waals surface area (Å²) in [6, 6.07) is 11.5. The van der Waals surface area contributed by atoms with E-state index in [1.165, 1.54) is 24.1 Å². The Kier molecular flexibility index (Phi) is 9.24. The molecule has 2 aromatic rings. The SMILES string of the molecule is COc1ccc(N(CC(=O)N(Cc2cccc(C)c2)[C@H](C)C(=O)NC2CCCC2)S(C)(=O)=O)cc1Cl. The Morgan fingerprint density at radius 3 is 2.44 bits per heavy atom. The van der Waals surface area contributed by atoms with Crippen molar-refractivity contribution in [2.75, 3.05) is 24.2 Å². The maximum atomic E-state index is 13.6. The molecule has 1 aliphatic rings. The van der Waals surface area contributed by atoms with Crippen LogP contribution >= 0.6 is 11.6 Å². The first-order chi connectivity index (χ1) is 17.0. The van der Waals surface area contributed by atoms with Crippen LogP contribution < -0.4 is 14.4 Å². The third-order valence-electron chi connectivity index (χ3n) is 6.41. The monoisotopic (exact) mass is 535 g/mol. The van der Waals surface area contributed by atoms with E-state index in [1.54, 1.807) is 13.0 Å². The maximum absolute atomic E-state index is 13.6. The van der Waals surface area contributed by atoms with Crippen LogP contribution in [0, 0.1) is 6.92 Å². The van der Waals surface area contributed by atoms with Gasteiger partial charge in [-0.25, -0.2) is 8.42 Å². The molecule has 2 amide bonds. The highest BCUT2D eigenvalue weighted by molar-refractivity contribution is 7.92. The van der Waals surface area contributed by atoms with E-state index in [1.807, 2.05) is 31.2 Å². The molecule has 0 saturated heterocycles. The van der Waals surface area contributed by atoms with Crippen molar-refractivity contribution in [3.63, 3.8) is 0 Å². The van der Waals surface area contributed by atoms with Gasteiger partial charge in [-0.15, -0.1) is 0 Å². The topological polar surface area (TPSA) is 96.0 Å². The molecular formula is C26H34ClN3O5S. The number of carbonyl (C=O) groups is 2. The van der Waals surface area contributed by atoms with E-state index in [4.69, 9.17) is 16.3 Å². The minimum absolute atomic E-state index is 0.102. The summed E-state index contributed by atoms with van der Waals surface area (Å²) in [5, 5.41) is 3.27. The molecule has 0 aromatic heterocycles. The van der Waals surface area contributed by atoms with Gasteiger partial charge in [0.05, 0.1) is 24.1 Å². The van der Waals surface area contributed by atoms with Crippen molar-refractivity contribution in [2.24, 2.45) is 0 Å². The molecule has 2 aromatic carbocycles. The van der Waals surface area contributed by atoms with Crippen LogP contribution in [-0.4, -0.2) is 57.1 Å². The molecule has 0 radical (unpaired) electrons. The van der Waals surface area contributed by atoms with Gasteiger partial charge < -0.3 is 15.0 Å². The van der Waals surface area contributed by atoms with Gasteiger partial charge in [0.25, 0.3) is 0 Å². The Morgan fingerprint density at radius 2 is 1.86 bits per heavy atom. The average molecular weight is 536 g/mol. The molecule has 0 bridgehead atoms. The van der Waals surface area contributed by atoms with E-state index in [0.29, 0.717) is 5.75 Å². The molecule has 10 heteroatoms. The van der Waals surface area contributed by atoms with Gasteiger partial charge >= 0.3 is 0 Å². The lowest BCUT2D eigenvalue weighted by Crippen LogP contribution is -2.52. The van der Waals surface area contributed by atoms with Gasteiger partial charge in [0.15, 0.2) is 0 Å². The predicted octanol–water partition coefficient (Wildman–Crippen LogP) is 3.90. The molecule has 196 valence electrons. The van der Waals surface area contributed by atoms with Crippen LogP contribution in [0.4, 0.5) is 5.69 Å². The number of hydrogen-bond donors (Lipinski definition) is 1. The molecule has 0 aliphatic heterocycles. The molecule has 0 heterocycles. The Bertz CT molecular complexity index is 1200. The lowest BCUT2D eigenvalue weighted by atomic mass is 10.1. The summed E-state index contributed by atoms with van der Waals surface area (Å²) in [6.07, 6.45) is 5.01. The van der Waals surface area contributed by atoms with Gasteiger partial charge in [0.2, 0.25) is 21.8 Å². The van der Waals surface area contributed by atoms with Crippen LogP contribution in [0.1, 0.15) is 43.7 Å². The van der Waals surface area contributed by atoms with Crippen molar-refractivity contribution in [1.82, 2.24) is 10.2 Å². The molecule has 0 unspecified atom stereocenters. The quantitative estimate of drug-likeness (QED) is 0.498. The predicted molar refractivity (Wildman–Crippen MR) is 142 cm³/mol.